The van der Waals surface area contributed by atoms with Crippen molar-refractivity contribution in [3.05, 3.63) is 42.7 Å². The summed E-state index contributed by atoms with van der Waals surface area (Å²) in [6.45, 7) is 3.55. The first-order valence-corrected chi connectivity index (χ1v) is 8.92. The van der Waals surface area contributed by atoms with Crippen LogP contribution in [-0.4, -0.2) is 50.4 Å². The van der Waals surface area contributed by atoms with Crippen LogP contribution in [0.1, 0.15) is 0 Å². The number of hydrogen-bond donors (Lipinski definition) is 1. The van der Waals surface area contributed by atoms with Crippen molar-refractivity contribution < 1.29 is 9.47 Å². The summed E-state index contributed by atoms with van der Waals surface area (Å²) in [5, 5.41) is 0.965. The van der Waals surface area contributed by atoms with Crippen LogP contribution in [0.25, 0.3) is 10.9 Å². The minimum Gasteiger partial charge on any atom is -0.493 e. The molecule has 1 fully saturated rings. The van der Waals surface area contributed by atoms with E-state index in [1.807, 2.05) is 30.3 Å². The third kappa shape index (κ3) is 3.28. The third-order valence-electron chi connectivity index (χ3n) is 4.93. The van der Waals surface area contributed by atoms with Gasteiger partial charge in [-0.2, -0.15) is 0 Å². The zero-order chi connectivity index (χ0) is 18.8. The van der Waals surface area contributed by atoms with Crippen LogP contribution in [0.2, 0.25) is 0 Å². The van der Waals surface area contributed by atoms with Crippen LogP contribution in [0.4, 0.5) is 17.2 Å². The predicted molar refractivity (Wildman–Crippen MR) is 108 cm³/mol. The van der Waals surface area contributed by atoms with Crippen LogP contribution in [0, 0.1) is 0 Å². The highest BCUT2D eigenvalue weighted by molar-refractivity contribution is 5.92. The van der Waals surface area contributed by atoms with E-state index in [-0.39, 0.29) is 0 Å². The second kappa shape index (κ2) is 7.19. The number of nitrogen functional groups attached to an aromatic ring is 1. The Morgan fingerprint density at radius 2 is 1.59 bits per heavy atom. The van der Waals surface area contributed by atoms with Gasteiger partial charge in [-0.05, 0) is 24.3 Å². The van der Waals surface area contributed by atoms with E-state index in [0.29, 0.717) is 11.5 Å². The first-order chi connectivity index (χ1) is 13.2. The van der Waals surface area contributed by atoms with E-state index in [1.165, 1.54) is 0 Å². The Hall–Kier alpha value is -3.22. The van der Waals surface area contributed by atoms with Crippen molar-refractivity contribution in [3.63, 3.8) is 0 Å². The number of ether oxygens (including phenoxy) is 2. The van der Waals surface area contributed by atoms with Crippen molar-refractivity contribution in [2.45, 2.75) is 0 Å². The molecule has 4 rings (SSSR count). The van der Waals surface area contributed by atoms with Crippen molar-refractivity contribution in [2.75, 3.05) is 55.9 Å². The van der Waals surface area contributed by atoms with Gasteiger partial charge in [-0.1, -0.05) is 6.07 Å². The molecule has 0 bridgehead atoms. The summed E-state index contributed by atoms with van der Waals surface area (Å²) < 4.78 is 10.8. The van der Waals surface area contributed by atoms with E-state index in [2.05, 4.69) is 25.8 Å². The molecule has 7 heteroatoms. The molecule has 3 aromatic rings. The van der Waals surface area contributed by atoms with E-state index in [1.54, 1.807) is 20.5 Å². The Morgan fingerprint density at radius 3 is 2.30 bits per heavy atom. The maximum Gasteiger partial charge on any atom is 0.162 e. The van der Waals surface area contributed by atoms with Crippen molar-refractivity contribution >= 4 is 28.1 Å². The molecule has 0 unspecified atom stereocenters. The lowest BCUT2D eigenvalue weighted by Gasteiger charge is -2.37. The van der Waals surface area contributed by atoms with Gasteiger partial charge in [-0.25, -0.2) is 9.97 Å². The molecule has 0 amide bonds. The maximum atomic E-state index is 5.92. The molecule has 140 valence electrons. The van der Waals surface area contributed by atoms with Gasteiger partial charge in [0, 0.05) is 49.0 Å². The molecule has 2 aromatic carbocycles. The van der Waals surface area contributed by atoms with Crippen LogP contribution in [-0.2, 0) is 0 Å². The normalized spacial score (nSPS) is 14.4. The standard InChI is InChI=1S/C20H23N5O2/c1-26-18-11-16-17(12-19(18)27-2)22-13-23-20(16)25-8-6-24(7-9-25)15-5-3-4-14(21)10-15/h3-5,10-13H,6-9,21H2,1-2H3. The minimum absolute atomic E-state index is 0.668. The summed E-state index contributed by atoms with van der Waals surface area (Å²) in [6.07, 6.45) is 1.61. The summed E-state index contributed by atoms with van der Waals surface area (Å²) in [5.74, 6) is 2.27. The van der Waals surface area contributed by atoms with Gasteiger partial charge in [0.2, 0.25) is 0 Å². The Kier molecular flexibility index (Phi) is 4.58. The van der Waals surface area contributed by atoms with E-state index in [0.717, 1.165) is 54.3 Å². The minimum atomic E-state index is 0.668. The van der Waals surface area contributed by atoms with Gasteiger partial charge in [-0.3, -0.25) is 0 Å². The van der Waals surface area contributed by atoms with Gasteiger partial charge in [0.25, 0.3) is 0 Å². The highest BCUT2D eigenvalue weighted by atomic mass is 16.5. The molecule has 1 aromatic heterocycles. The quantitative estimate of drug-likeness (QED) is 0.712. The molecule has 1 aliphatic rings. The average molecular weight is 365 g/mol. The number of benzene rings is 2. The Bertz CT molecular complexity index is 954. The fourth-order valence-corrected chi connectivity index (χ4v) is 3.52. The van der Waals surface area contributed by atoms with Crippen molar-refractivity contribution in [3.8, 4) is 11.5 Å². The molecule has 1 aliphatic heterocycles. The van der Waals surface area contributed by atoms with Crippen molar-refractivity contribution in [1.82, 2.24) is 9.97 Å². The van der Waals surface area contributed by atoms with E-state index in [4.69, 9.17) is 15.2 Å². The second-order valence-electron chi connectivity index (χ2n) is 6.49. The molecule has 1 saturated heterocycles. The van der Waals surface area contributed by atoms with Crippen LogP contribution in [0.5, 0.6) is 11.5 Å². The Balaban J connectivity index is 1.60. The lowest BCUT2D eigenvalue weighted by atomic mass is 10.1. The first-order valence-electron chi connectivity index (χ1n) is 8.92. The molecule has 2 N–H and O–H groups in total. The molecule has 0 atom stereocenters. The lowest BCUT2D eigenvalue weighted by Crippen LogP contribution is -2.46. The molecule has 0 spiro atoms. The lowest BCUT2D eigenvalue weighted by molar-refractivity contribution is 0.356. The number of anilines is 3. The molecular formula is C20H23N5O2. The number of nitrogens with zero attached hydrogens (tertiary/aromatic N) is 4. The maximum absolute atomic E-state index is 5.92. The molecule has 27 heavy (non-hydrogen) atoms. The fourth-order valence-electron chi connectivity index (χ4n) is 3.52. The largest absolute Gasteiger partial charge is 0.493 e. The second-order valence-corrected chi connectivity index (χ2v) is 6.49. The van der Waals surface area contributed by atoms with Crippen LogP contribution in [0.15, 0.2) is 42.7 Å². The van der Waals surface area contributed by atoms with Crippen molar-refractivity contribution in [1.29, 1.82) is 0 Å². The highest BCUT2D eigenvalue weighted by Crippen LogP contribution is 2.35. The molecule has 7 nitrogen and oxygen atoms in total. The van der Waals surface area contributed by atoms with Gasteiger partial charge >= 0.3 is 0 Å². The topological polar surface area (TPSA) is 76.7 Å². The SMILES string of the molecule is COc1cc2ncnc(N3CCN(c4cccc(N)c4)CC3)c2cc1OC. The number of nitrogens with two attached hydrogens (primary N) is 1. The molecule has 0 saturated carbocycles. The molecular weight excluding hydrogens is 342 g/mol. The molecule has 0 radical (unpaired) electrons. The van der Waals surface area contributed by atoms with Crippen LogP contribution >= 0.6 is 0 Å². The smallest absolute Gasteiger partial charge is 0.162 e. The summed E-state index contributed by atoms with van der Waals surface area (Å²) in [7, 11) is 3.26. The van der Waals surface area contributed by atoms with Gasteiger partial charge in [-0.15, -0.1) is 0 Å². The number of piperazine rings is 1. The monoisotopic (exact) mass is 365 g/mol. The number of aromatic nitrogens is 2. The predicted octanol–water partition coefficient (Wildman–Crippen LogP) is 2.56. The summed E-state index contributed by atoms with van der Waals surface area (Å²) in [6, 6.07) is 11.9. The van der Waals surface area contributed by atoms with Gasteiger partial charge in [0.1, 0.15) is 12.1 Å². The summed E-state index contributed by atoms with van der Waals surface area (Å²) in [5.41, 5.74) is 8.71. The van der Waals surface area contributed by atoms with Gasteiger partial charge < -0.3 is 25.0 Å². The fraction of sp³-hybridized carbons (Fsp3) is 0.300. The summed E-state index contributed by atoms with van der Waals surface area (Å²) >= 11 is 0. The van der Waals surface area contributed by atoms with E-state index >= 15 is 0 Å². The molecule has 2 heterocycles. The highest BCUT2D eigenvalue weighted by Gasteiger charge is 2.21. The van der Waals surface area contributed by atoms with Crippen LogP contribution in [0.3, 0.4) is 0 Å². The number of methoxy groups -OCH3 is 2. The van der Waals surface area contributed by atoms with Gasteiger partial charge in [0.15, 0.2) is 11.5 Å². The van der Waals surface area contributed by atoms with E-state index in [9.17, 15) is 0 Å². The molecule has 0 aliphatic carbocycles. The van der Waals surface area contributed by atoms with Gasteiger partial charge in [0.05, 0.1) is 19.7 Å². The Labute approximate surface area is 158 Å². The van der Waals surface area contributed by atoms with Crippen LogP contribution < -0.4 is 25.0 Å². The third-order valence-corrected chi connectivity index (χ3v) is 4.93. The zero-order valence-corrected chi connectivity index (χ0v) is 15.6. The number of hydrogen-bond acceptors (Lipinski definition) is 7. The van der Waals surface area contributed by atoms with E-state index < -0.39 is 0 Å². The van der Waals surface area contributed by atoms with Crippen molar-refractivity contribution in [2.24, 2.45) is 0 Å². The zero-order valence-electron chi connectivity index (χ0n) is 15.6. The number of rotatable bonds is 4. The summed E-state index contributed by atoms with van der Waals surface area (Å²) in [4.78, 5) is 13.6. The number of fused-ring (bicyclic) bond motifs is 1. The average Bonchev–Trinajstić information content (AvgIpc) is 2.72. The first kappa shape index (κ1) is 17.2. The Morgan fingerprint density at radius 1 is 0.889 bits per heavy atom.